The molecule has 1 aromatic carbocycles. The molecule has 0 atom stereocenters. The van der Waals surface area contributed by atoms with Crippen LogP contribution in [0.1, 0.15) is 87.7 Å². The summed E-state index contributed by atoms with van der Waals surface area (Å²) in [6.45, 7) is 14.3. The highest BCUT2D eigenvalue weighted by molar-refractivity contribution is 5.98. The maximum absolute atomic E-state index is 11.6. The van der Waals surface area contributed by atoms with Gasteiger partial charge < -0.3 is 15.5 Å². The van der Waals surface area contributed by atoms with E-state index in [9.17, 15) is 10.2 Å². The van der Waals surface area contributed by atoms with Crippen molar-refractivity contribution in [1.82, 2.24) is 19.4 Å². The molecule has 0 aliphatic carbocycles. The summed E-state index contributed by atoms with van der Waals surface area (Å²) in [7, 11) is 0. The van der Waals surface area contributed by atoms with Gasteiger partial charge in [0.15, 0.2) is 0 Å². The van der Waals surface area contributed by atoms with Crippen LogP contribution < -0.4 is 5.73 Å². The van der Waals surface area contributed by atoms with Gasteiger partial charge in [0.25, 0.3) is 0 Å². The van der Waals surface area contributed by atoms with E-state index in [1.54, 1.807) is 12.1 Å². The Morgan fingerprint density at radius 3 is 2.23 bits per heavy atom. The summed E-state index contributed by atoms with van der Waals surface area (Å²) in [6.07, 6.45) is 10.0. The number of fused-ring (bicyclic) bond motifs is 1. The third-order valence-electron chi connectivity index (χ3n) is 8.07. The second kappa shape index (κ2) is 13.9. The minimum atomic E-state index is -0.425. The van der Waals surface area contributed by atoms with Gasteiger partial charge in [-0.15, -0.1) is 0 Å². The van der Waals surface area contributed by atoms with Crippen molar-refractivity contribution in [1.29, 1.82) is 5.41 Å². The first-order chi connectivity index (χ1) is 19.2. The minimum Gasteiger partial charge on any atom is -0.366 e. The summed E-state index contributed by atoms with van der Waals surface area (Å²) in [5, 5.41) is 14.2. The van der Waals surface area contributed by atoms with Gasteiger partial charge in [-0.1, -0.05) is 46.2 Å². The van der Waals surface area contributed by atoms with Crippen LogP contribution in [-0.4, -0.2) is 63.9 Å². The highest BCUT2D eigenvalue weighted by Gasteiger charge is 2.19. The van der Waals surface area contributed by atoms with Crippen LogP contribution in [0.4, 0.5) is 0 Å². The largest absolute Gasteiger partial charge is 0.366 e. The molecule has 216 valence electrons. The molecule has 0 radical (unpaired) electrons. The Morgan fingerprint density at radius 1 is 0.975 bits per heavy atom. The van der Waals surface area contributed by atoms with Crippen molar-refractivity contribution in [2.75, 3.05) is 32.7 Å². The monoisotopic (exact) mass is 544 g/mol. The Morgan fingerprint density at radius 2 is 1.62 bits per heavy atom. The van der Waals surface area contributed by atoms with Crippen LogP contribution in [0.5, 0.6) is 0 Å². The minimum absolute atomic E-state index is 0.425. The predicted molar refractivity (Wildman–Crippen MR) is 165 cm³/mol. The van der Waals surface area contributed by atoms with Crippen molar-refractivity contribution in [2.24, 2.45) is 17.6 Å². The molecule has 0 bridgehead atoms. The lowest BCUT2D eigenvalue weighted by Crippen LogP contribution is -2.34. The SMILES string of the molecule is CC(C)CCN(CCC(C)C)C(=N)c1ccn2nc(-c3ccc(C(N)=O)cc3)c(CCCN3CCCCC3)c2c1. The topological polar surface area (TPSA) is 90.7 Å². The second-order valence-electron chi connectivity index (χ2n) is 12.2. The number of nitrogens with zero attached hydrogens (tertiary/aromatic N) is 4. The number of primary amides is 1. The van der Waals surface area contributed by atoms with E-state index in [1.165, 1.54) is 37.9 Å². The highest BCUT2D eigenvalue weighted by atomic mass is 16.1. The van der Waals surface area contributed by atoms with E-state index in [0.29, 0.717) is 23.2 Å². The number of aryl methyl sites for hydroxylation is 1. The number of hydrogen-bond donors (Lipinski definition) is 2. The first kappa shape index (κ1) is 29.8. The Hall–Kier alpha value is -3.19. The van der Waals surface area contributed by atoms with Crippen LogP contribution in [-0.2, 0) is 6.42 Å². The van der Waals surface area contributed by atoms with Crippen molar-refractivity contribution in [3.05, 3.63) is 59.3 Å². The van der Waals surface area contributed by atoms with Gasteiger partial charge in [0.1, 0.15) is 5.84 Å². The van der Waals surface area contributed by atoms with E-state index >= 15 is 0 Å². The van der Waals surface area contributed by atoms with Crippen molar-refractivity contribution in [3.8, 4) is 11.3 Å². The standard InChI is InChI=1S/C33H48N6O/c1-24(2)14-20-38(21-15-25(3)4)32(34)28-16-22-39-30(23-28)29(9-8-19-37-17-6-5-7-18-37)31(36-39)26-10-12-27(13-11-26)33(35)40/h10-13,16,22-25,34H,5-9,14-15,17-21H2,1-4H3,(H2,35,40). The van der Waals surface area contributed by atoms with Crippen LogP contribution in [0.25, 0.3) is 16.8 Å². The Bertz CT molecular complexity index is 1260. The van der Waals surface area contributed by atoms with E-state index in [-0.39, 0.29) is 0 Å². The van der Waals surface area contributed by atoms with E-state index in [4.69, 9.17) is 10.8 Å². The number of pyridine rings is 1. The van der Waals surface area contributed by atoms with E-state index in [0.717, 1.165) is 67.7 Å². The normalized spacial score (nSPS) is 14.3. The number of likely N-dealkylation sites (tertiary alicyclic amines) is 1. The number of piperidine rings is 1. The summed E-state index contributed by atoms with van der Waals surface area (Å²) < 4.78 is 1.96. The van der Waals surface area contributed by atoms with Crippen molar-refractivity contribution in [2.45, 2.75) is 72.6 Å². The lowest BCUT2D eigenvalue weighted by molar-refractivity contribution is 0.100. The maximum atomic E-state index is 11.6. The third kappa shape index (κ3) is 7.72. The first-order valence-corrected chi connectivity index (χ1v) is 15.2. The Labute approximate surface area is 240 Å². The van der Waals surface area contributed by atoms with Gasteiger partial charge in [-0.2, -0.15) is 5.10 Å². The molecule has 3 N–H and O–H groups in total. The van der Waals surface area contributed by atoms with Gasteiger partial charge >= 0.3 is 0 Å². The summed E-state index contributed by atoms with van der Waals surface area (Å²) in [5.74, 6) is 1.37. The Balaban J connectivity index is 1.66. The average Bonchev–Trinajstić information content (AvgIpc) is 3.31. The summed E-state index contributed by atoms with van der Waals surface area (Å²) >= 11 is 0. The van der Waals surface area contributed by atoms with E-state index in [1.807, 2.05) is 28.9 Å². The fraction of sp³-hybridized carbons (Fsp3) is 0.545. The van der Waals surface area contributed by atoms with Crippen LogP contribution in [0.2, 0.25) is 0 Å². The molecule has 4 rings (SSSR count). The number of carbonyl (C=O) groups is 1. The molecule has 0 unspecified atom stereocenters. The van der Waals surface area contributed by atoms with Crippen LogP contribution >= 0.6 is 0 Å². The zero-order valence-electron chi connectivity index (χ0n) is 25.0. The summed E-state index contributed by atoms with van der Waals surface area (Å²) in [4.78, 5) is 16.5. The molecule has 1 fully saturated rings. The summed E-state index contributed by atoms with van der Waals surface area (Å²) in [6, 6.07) is 11.6. The number of nitrogens with one attached hydrogen (secondary N) is 1. The molecule has 0 spiro atoms. The number of aromatic nitrogens is 2. The van der Waals surface area contributed by atoms with Crippen LogP contribution in [0, 0.1) is 17.2 Å². The molecule has 1 aliphatic heterocycles. The first-order valence-electron chi connectivity index (χ1n) is 15.2. The van der Waals surface area contributed by atoms with Crippen molar-refractivity contribution < 1.29 is 4.79 Å². The fourth-order valence-corrected chi connectivity index (χ4v) is 5.52. The molecule has 7 heteroatoms. The predicted octanol–water partition coefficient (Wildman–Crippen LogP) is 6.24. The summed E-state index contributed by atoms with van der Waals surface area (Å²) in [5.41, 5.74) is 11.1. The average molecular weight is 545 g/mol. The number of carbonyl (C=O) groups excluding carboxylic acids is 1. The number of benzene rings is 1. The second-order valence-corrected chi connectivity index (χ2v) is 12.2. The fourth-order valence-electron chi connectivity index (χ4n) is 5.52. The van der Waals surface area contributed by atoms with Gasteiger partial charge in [0, 0.05) is 41.5 Å². The lowest BCUT2D eigenvalue weighted by atomic mass is 10.00. The van der Waals surface area contributed by atoms with Crippen molar-refractivity contribution in [3.63, 3.8) is 0 Å². The lowest BCUT2D eigenvalue weighted by Gasteiger charge is -2.27. The number of nitrogens with two attached hydrogens (primary N) is 1. The quantitative estimate of drug-likeness (QED) is 0.197. The number of rotatable bonds is 13. The van der Waals surface area contributed by atoms with E-state index in [2.05, 4.69) is 43.6 Å². The molecular formula is C33H48N6O. The third-order valence-corrected chi connectivity index (χ3v) is 8.07. The zero-order valence-corrected chi connectivity index (χ0v) is 25.0. The number of amides is 1. The molecule has 7 nitrogen and oxygen atoms in total. The maximum Gasteiger partial charge on any atom is 0.248 e. The molecule has 2 aromatic heterocycles. The number of hydrogen-bond acceptors (Lipinski definition) is 4. The smallest absolute Gasteiger partial charge is 0.248 e. The molecule has 0 saturated carbocycles. The van der Waals surface area contributed by atoms with Crippen LogP contribution in [0.15, 0.2) is 42.6 Å². The molecule has 1 saturated heterocycles. The van der Waals surface area contributed by atoms with Crippen LogP contribution in [0.3, 0.4) is 0 Å². The molecule has 3 heterocycles. The zero-order chi connectivity index (χ0) is 28.6. The molecular weight excluding hydrogens is 496 g/mol. The van der Waals surface area contributed by atoms with Gasteiger partial charge in [-0.3, -0.25) is 10.2 Å². The van der Waals surface area contributed by atoms with Gasteiger partial charge in [-0.05, 0) is 94.3 Å². The van der Waals surface area contributed by atoms with Gasteiger partial charge in [0.05, 0.1) is 11.2 Å². The van der Waals surface area contributed by atoms with Gasteiger partial charge in [0.2, 0.25) is 5.91 Å². The van der Waals surface area contributed by atoms with Crippen molar-refractivity contribution >= 4 is 17.3 Å². The molecule has 1 aliphatic rings. The Kier molecular flexibility index (Phi) is 10.4. The van der Waals surface area contributed by atoms with Gasteiger partial charge in [-0.25, -0.2) is 4.52 Å². The molecule has 1 amide bonds. The highest BCUT2D eigenvalue weighted by Crippen LogP contribution is 2.29. The molecule has 3 aromatic rings. The number of amidine groups is 1. The molecule has 40 heavy (non-hydrogen) atoms. The van der Waals surface area contributed by atoms with E-state index < -0.39 is 5.91 Å².